The standard InChI is InChI=1S/C33H41N3O5/c1-5-17-34(18-6-2)29(38)26-27-30(39)36(20-21-37)28(33(27)16-15-32(26,8-4)41-33)31(40)35(19-7-3)25-14-13-23-11-9-10-12-24(23)22-25/h5,7,9-14,22,26-28,37H,1,3,6,8,15-21H2,2,4H3/t26-,27+,28?,32+,33?/m1/s1. The van der Waals surface area contributed by atoms with E-state index in [1.807, 2.05) is 56.3 Å². The second-order valence-corrected chi connectivity index (χ2v) is 11.4. The van der Waals surface area contributed by atoms with Crippen LogP contribution in [0.2, 0.25) is 0 Å². The van der Waals surface area contributed by atoms with Crippen molar-refractivity contribution in [2.45, 2.75) is 56.8 Å². The lowest BCUT2D eigenvalue weighted by Crippen LogP contribution is -2.57. The Hall–Kier alpha value is -3.49. The Morgan fingerprint density at radius 1 is 1.07 bits per heavy atom. The monoisotopic (exact) mass is 559 g/mol. The van der Waals surface area contributed by atoms with E-state index in [0.29, 0.717) is 38.0 Å². The molecule has 5 atom stereocenters. The first-order valence-corrected chi connectivity index (χ1v) is 14.7. The number of benzene rings is 2. The molecule has 1 N–H and O–H groups in total. The number of fused-ring (bicyclic) bond motifs is 2. The maximum Gasteiger partial charge on any atom is 0.253 e. The molecule has 3 aliphatic heterocycles. The summed E-state index contributed by atoms with van der Waals surface area (Å²) in [6, 6.07) is 12.8. The summed E-state index contributed by atoms with van der Waals surface area (Å²) in [6.07, 6.45) is 5.79. The number of ether oxygens (including phenoxy) is 1. The molecule has 0 radical (unpaired) electrons. The summed E-state index contributed by atoms with van der Waals surface area (Å²) in [5.41, 5.74) is -1.28. The van der Waals surface area contributed by atoms with E-state index in [-0.39, 0.29) is 37.4 Å². The molecule has 0 saturated carbocycles. The molecule has 2 unspecified atom stereocenters. The van der Waals surface area contributed by atoms with Gasteiger partial charge < -0.3 is 24.5 Å². The molecule has 0 aromatic heterocycles. The summed E-state index contributed by atoms with van der Waals surface area (Å²) in [7, 11) is 0. The number of carbonyl (C=O) groups excluding carboxylic acids is 3. The fraction of sp³-hybridized carbons (Fsp3) is 0.485. The number of anilines is 1. The van der Waals surface area contributed by atoms with E-state index in [2.05, 4.69) is 13.2 Å². The molecule has 2 aromatic carbocycles. The summed E-state index contributed by atoms with van der Waals surface area (Å²) < 4.78 is 6.89. The van der Waals surface area contributed by atoms with Gasteiger partial charge in [-0.05, 0) is 48.6 Å². The molecule has 41 heavy (non-hydrogen) atoms. The summed E-state index contributed by atoms with van der Waals surface area (Å²) in [4.78, 5) is 47.9. The van der Waals surface area contributed by atoms with Crippen LogP contribution in [0.15, 0.2) is 67.8 Å². The van der Waals surface area contributed by atoms with Crippen molar-refractivity contribution in [3.63, 3.8) is 0 Å². The number of amides is 3. The number of hydrogen-bond acceptors (Lipinski definition) is 5. The predicted octanol–water partition coefficient (Wildman–Crippen LogP) is 3.93. The van der Waals surface area contributed by atoms with Gasteiger partial charge in [-0.3, -0.25) is 14.4 Å². The third-order valence-electron chi connectivity index (χ3n) is 9.30. The van der Waals surface area contributed by atoms with Crippen LogP contribution in [0.5, 0.6) is 0 Å². The van der Waals surface area contributed by atoms with E-state index >= 15 is 0 Å². The quantitative estimate of drug-likeness (QED) is 0.398. The number of rotatable bonds is 12. The highest BCUT2D eigenvalue weighted by Crippen LogP contribution is 2.64. The predicted molar refractivity (Wildman–Crippen MR) is 159 cm³/mol. The highest BCUT2D eigenvalue weighted by Gasteiger charge is 2.79. The Bertz CT molecular complexity index is 1360. The first-order chi connectivity index (χ1) is 19.8. The molecule has 3 heterocycles. The minimum Gasteiger partial charge on any atom is -0.395 e. The smallest absolute Gasteiger partial charge is 0.253 e. The van der Waals surface area contributed by atoms with Gasteiger partial charge in [-0.15, -0.1) is 13.2 Å². The van der Waals surface area contributed by atoms with E-state index in [0.717, 1.165) is 17.2 Å². The number of nitrogens with zero attached hydrogens (tertiary/aromatic N) is 3. The lowest BCUT2D eigenvalue weighted by Gasteiger charge is -2.37. The van der Waals surface area contributed by atoms with Crippen LogP contribution >= 0.6 is 0 Å². The summed E-state index contributed by atoms with van der Waals surface area (Å²) >= 11 is 0. The van der Waals surface area contributed by atoms with E-state index in [9.17, 15) is 19.5 Å². The van der Waals surface area contributed by atoms with Gasteiger partial charge in [0.15, 0.2) is 0 Å². The molecule has 8 heteroatoms. The lowest BCUT2D eigenvalue weighted by atomic mass is 9.64. The van der Waals surface area contributed by atoms with Crippen molar-refractivity contribution in [1.29, 1.82) is 0 Å². The SMILES string of the molecule is C=CCN(CCC)C(=O)[C@H]1[C@H]2C(=O)N(CCO)C(C(=O)N(CC=C)c3ccc4ccccc4c3)C23CC[C@]1(CC)O3. The van der Waals surface area contributed by atoms with Crippen molar-refractivity contribution in [1.82, 2.24) is 9.80 Å². The average Bonchev–Trinajstić information content (AvgIpc) is 3.59. The number of β-amino-alcohol motifs (C(OH)–C–C–N with tert-alkyl or cyclic N) is 1. The van der Waals surface area contributed by atoms with Gasteiger partial charge >= 0.3 is 0 Å². The fourth-order valence-corrected chi connectivity index (χ4v) is 7.58. The highest BCUT2D eigenvalue weighted by atomic mass is 16.5. The van der Waals surface area contributed by atoms with Crippen molar-refractivity contribution in [3.8, 4) is 0 Å². The Balaban J connectivity index is 1.59. The summed E-state index contributed by atoms with van der Waals surface area (Å²) in [5, 5.41) is 12.0. The van der Waals surface area contributed by atoms with Crippen molar-refractivity contribution in [2.24, 2.45) is 11.8 Å². The van der Waals surface area contributed by atoms with Crippen molar-refractivity contribution in [2.75, 3.05) is 37.7 Å². The summed E-state index contributed by atoms with van der Waals surface area (Å²) in [5.74, 6) is -2.20. The van der Waals surface area contributed by atoms with E-state index < -0.39 is 29.1 Å². The number of carbonyl (C=O) groups is 3. The van der Waals surface area contributed by atoms with Crippen LogP contribution in [0, 0.1) is 11.8 Å². The Morgan fingerprint density at radius 2 is 1.80 bits per heavy atom. The number of likely N-dealkylation sites (tertiary alicyclic amines) is 1. The molecular formula is C33H41N3O5. The van der Waals surface area contributed by atoms with Gasteiger partial charge in [-0.25, -0.2) is 0 Å². The van der Waals surface area contributed by atoms with E-state index in [1.54, 1.807) is 22.0 Å². The topological polar surface area (TPSA) is 90.4 Å². The normalized spacial score (nSPS) is 28.1. The number of hydrogen-bond donors (Lipinski definition) is 1. The molecule has 1 spiro atoms. The first-order valence-electron chi connectivity index (χ1n) is 14.7. The van der Waals surface area contributed by atoms with Crippen LogP contribution in [0.3, 0.4) is 0 Å². The number of aliphatic hydroxyl groups is 1. The third kappa shape index (κ3) is 4.48. The van der Waals surface area contributed by atoms with Gasteiger partial charge in [0.1, 0.15) is 11.6 Å². The Morgan fingerprint density at radius 3 is 2.46 bits per heavy atom. The zero-order chi connectivity index (χ0) is 29.4. The van der Waals surface area contributed by atoms with Crippen LogP contribution in [0.25, 0.3) is 10.8 Å². The van der Waals surface area contributed by atoms with Crippen LogP contribution in [0.1, 0.15) is 39.5 Å². The van der Waals surface area contributed by atoms with Crippen LogP contribution in [-0.2, 0) is 19.1 Å². The fourth-order valence-electron chi connectivity index (χ4n) is 7.58. The Kier molecular flexibility index (Phi) is 8.08. The molecule has 8 nitrogen and oxygen atoms in total. The molecule has 218 valence electrons. The molecular weight excluding hydrogens is 518 g/mol. The second-order valence-electron chi connectivity index (χ2n) is 11.4. The van der Waals surface area contributed by atoms with Gasteiger partial charge in [0, 0.05) is 31.9 Å². The number of aliphatic hydroxyl groups excluding tert-OH is 1. The molecule has 2 bridgehead atoms. The molecule has 3 amide bonds. The van der Waals surface area contributed by atoms with E-state index in [1.165, 1.54) is 4.90 Å². The first kappa shape index (κ1) is 29.0. The van der Waals surface area contributed by atoms with Gasteiger partial charge in [0.2, 0.25) is 11.8 Å². The van der Waals surface area contributed by atoms with Crippen LogP contribution in [0.4, 0.5) is 5.69 Å². The van der Waals surface area contributed by atoms with Gasteiger partial charge in [0.05, 0.1) is 24.0 Å². The molecule has 3 fully saturated rings. The minimum absolute atomic E-state index is 0.0120. The van der Waals surface area contributed by atoms with Crippen LogP contribution < -0.4 is 4.90 Å². The van der Waals surface area contributed by atoms with Gasteiger partial charge in [-0.2, -0.15) is 0 Å². The maximum absolute atomic E-state index is 14.7. The van der Waals surface area contributed by atoms with Crippen LogP contribution in [-0.4, -0.2) is 82.7 Å². The minimum atomic E-state index is -1.15. The van der Waals surface area contributed by atoms with Crippen molar-refractivity contribution >= 4 is 34.2 Å². The van der Waals surface area contributed by atoms with Gasteiger partial charge in [-0.1, -0.05) is 56.3 Å². The third-order valence-corrected chi connectivity index (χ3v) is 9.30. The Labute approximate surface area is 242 Å². The maximum atomic E-state index is 14.7. The van der Waals surface area contributed by atoms with Gasteiger partial charge in [0.25, 0.3) is 5.91 Å². The van der Waals surface area contributed by atoms with Crippen molar-refractivity contribution < 1.29 is 24.2 Å². The molecule has 3 aliphatic rings. The van der Waals surface area contributed by atoms with Crippen molar-refractivity contribution in [3.05, 3.63) is 67.8 Å². The average molecular weight is 560 g/mol. The molecule has 2 aromatic rings. The van der Waals surface area contributed by atoms with E-state index in [4.69, 9.17) is 4.74 Å². The molecule has 5 rings (SSSR count). The highest BCUT2D eigenvalue weighted by molar-refractivity contribution is 6.06. The zero-order valence-electron chi connectivity index (χ0n) is 24.1. The largest absolute Gasteiger partial charge is 0.395 e. The summed E-state index contributed by atoms with van der Waals surface area (Å²) in [6.45, 7) is 12.6. The molecule has 0 aliphatic carbocycles. The lowest BCUT2D eigenvalue weighted by molar-refractivity contribution is -0.151. The second kappa shape index (κ2) is 11.4. The zero-order valence-corrected chi connectivity index (χ0v) is 24.1. The molecule has 3 saturated heterocycles.